The molecule has 2 heterocycles. The molecule has 0 fully saturated rings. The summed E-state index contributed by atoms with van der Waals surface area (Å²) in [7, 11) is 3.22. The number of amides is 1. The third-order valence-electron chi connectivity index (χ3n) is 4.33. The van der Waals surface area contributed by atoms with Gasteiger partial charge in [-0.1, -0.05) is 17.3 Å². The Morgan fingerprint density at radius 2 is 2.14 bits per heavy atom. The summed E-state index contributed by atoms with van der Waals surface area (Å²) in [5.74, 6) is 2.00. The number of carbonyl (C=O) groups excluding carboxylic acids is 1. The first-order chi connectivity index (χ1) is 14.1. The number of benzene rings is 1. The minimum atomic E-state index is -0.284. The monoisotopic (exact) mass is 400 g/mol. The van der Waals surface area contributed by atoms with Crippen molar-refractivity contribution >= 4 is 5.91 Å². The summed E-state index contributed by atoms with van der Waals surface area (Å²) in [5.41, 5.74) is 0.735. The number of aryl methyl sites for hydroxylation is 1. The highest BCUT2D eigenvalue weighted by atomic mass is 16.5. The van der Waals surface area contributed by atoms with Crippen molar-refractivity contribution in [3.05, 3.63) is 42.3 Å². The van der Waals surface area contributed by atoms with Gasteiger partial charge in [-0.05, 0) is 19.1 Å². The highest BCUT2D eigenvalue weighted by Crippen LogP contribution is 2.27. The van der Waals surface area contributed by atoms with Crippen LogP contribution in [0, 0.1) is 0 Å². The van der Waals surface area contributed by atoms with Gasteiger partial charge in [0.1, 0.15) is 12.1 Å². The van der Waals surface area contributed by atoms with Crippen LogP contribution < -0.4 is 10.1 Å². The van der Waals surface area contributed by atoms with E-state index in [1.54, 1.807) is 20.5 Å². The van der Waals surface area contributed by atoms with Crippen molar-refractivity contribution in [2.24, 2.45) is 0 Å². The predicted molar refractivity (Wildman–Crippen MR) is 103 cm³/mol. The Morgan fingerprint density at radius 3 is 2.93 bits per heavy atom. The van der Waals surface area contributed by atoms with Crippen LogP contribution in [0.3, 0.4) is 0 Å². The molecular weight excluding hydrogens is 376 g/mol. The van der Waals surface area contributed by atoms with Crippen molar-refractivity contribution in [2.45, 2.75) is 32.4 Å². The first-order valence-corrected chi connectivity index (χ1v) is 9.24. The van der Waals surface area contributed by atoms with Crippen LogP contribution in [-0.2, 0) is 22.5 Å². The van der Waals surface area contributed by atoms with E-state index in [2.05, 4.69) is 25.7 Å². The fraction of sp³-hybridized carbons (Fsp3) is 0.421. The molecule has 0 unspecified atom stereocenters. The van der Waals surface area contributed by atoms with Gasteiger partial charge in [0.15, 0.2) is 5.82 Å². The summed E-state index contributed by atoms with van der Waals surface area (Å²) in [6, 6.07) is 7.13. The molecule has 0 aliphatic carbocycles. The maximum atomic E-state index is 12.3. The molecule has 10 heteroatoms. The third-order valence-corrected chi connectivity index (χ3v) is 4.33. The number of methoxy groups -OCH3 is 2. The number of nitrogens with one attached hydrogen (secondary N) is 1. The Balaban J connectivity index is 1.55. The Hall–Kier alpha value is -3.27. The topological polar surface area (TPSA) is 117 Å². The van der Waals surface area contributed by atoms with Crippen LogP contribution in [-0.4, -0.2) is 51.6 Å². The van der Waals surface area contributed by atoms with E-state index in [-0.39, 0.29) is 18.4 Å². The van der Waals surface area contributed by atoms with Gasteiger partial charge in [-0.2, -0.15) is 4.98 Å². The lowest BCUT2D eigenvalue weighted by molar-refractivity contribution is -0.121. The first-order valence-electron chi connectivity index (χ1n) is 9.24. The van der Waals surface area contributed by atoms with Crippen molar-refractivity contribution in [1.29, 1.82) is 0 Å². The van der Waals surface area contributed by atoms with E-state index in [1.165, 1.54) is 0 Å². The molecule has 1 N–H and O–H groups in total. The molecule has 0 saturated heterocycles. The van der Waals surface area contributed by atoms with Gasteiger partial charge in [0, 0.05) is 26.5 Å². The van der Waals surface area contributed by atoms with Crippen LogP contribution in [0.1, 0.15) is 31.1 Å². The lowest BCUT2D eigenvalue weighted by atomic mass is 10.2. The minimum Gasteiger partial charge on any atom is -0.496 e. The predicted octanol–water partition coefficient (Wildman–Crippen LogP) is 1.79. The van der Waals surface area contributed by atoms with Gasteiger partial charge in [0.05, 0.1) is 25.3 Å². The second kappa shape index (κ2) is 9.78. The van der Waals surface area contributed by atoms with E-state index in [0.717, 1.165) is 5.56 Å². The molecule has 0 radical (unpaired) electrons. The zero-order valence-electron chi connectivity index (χ0n) is 16.7. The van der Waals surface area contributed by atoms with Crippen LogP contribution >= 0.6 is 0 Å². The van der Waals surface area contributed by atoms with Crippen LogP contribution in [0.4, 0.5) is 0 Å². The van der Waals surface area contributed by atoms with Gasteiger partial charge >= 0.3 is 0 Å². The van der Waals surface area contributed by atoms with Gasteiger partial charge in [-0.15, -0.1) is 10.2 Å². The van der Waals surface area contributed by atoms with Crippen molar-refractivity contribution in [3.8, 4) is 17.1 Å². The van der Waals surface area contributed by atoms with Crippen LogP contribution in [0.25, 0.3) is 11.4 Å². The zero-order chi connectivity index (χ0) is 20.6. The van der Waals surface area contributed by atoms with E-state index >= 15 is 0 Å². The third kappa shape index (κ3) is 5.17. The zero-order valence-corrected chi connectivity index (χ0v) is 16.7. The number of carbonyl (C=O) groups is 1. The number of ether oxygens (including phenoxy) is 2. The van der Waals surface area contributed by atoms with Gasteiger partial charge in [-0.25, -0.2) is 0 Å². The molecule has 0 spiro atoms. The van der Waals surface area contributed by atoms with E-state index in [0.29, 0.717) is 42.9 Å². The van der Waals surface area contributed by atoms with Crippen LogP contribution in [0.5, 0.6) is 5.75 Å². The highest BCUT2D eigenvalue weighted by molar-refractivity contribution is 5.76. The largest absolute Gasteiger partial charge is 0.496 e. The molecule has 10 nitrogen and oxygen atoms in total. The second-order valence-electron chi connectivity index (χ2n) is 6.38. The number of para-hydroxylation sites is 1. The maximum absolute atomic E-state index is 12.3. The van der Waals surface area contributed by atoms with Gasteiger partial charge in [-0.3, -0.25) is 4.79 Å². The molecule has 1 aromatic carbocycles. The van der Waals surface area contributed by atoms with E-state index in [4.69, 9.17) is 14.0 Å². The highest BCUT2D eigenvalue weighted by Gasteiger charge is 2.17. The normalized spacial score (nSPS) is 12.0. The standard InChI is InChI=1S/C19H24N6O4/c1-13(19-23-20-12-25(19)10-11-27-2)21-16(26)8-9-17-22-18(24-29-17)14-6-4-5-7-15(14)28-3/h4-7,12-13H,8-11H2,1-3H3,(H,21,26)/t13-/m0/s1. The lowest BCUT2D eigenvalue weighted by Gasteiger charge is -2.14. The SMILES string of the molecule is COCCn1cnnc1[C@H](C)NC(=O)CCc1nc(-c2ccccc2OC)no1. The average molecular weight is 400 g/mol. The molecule has 2 aromatic heterocycles. The van der Waals surface area contributed by atoms with E-state index in [1.807, 2.05) is 35.8 Å². The van der Waals surface area contributed by atoms with Gasteiger partial charge in [0.2, 0.25) is 17.6 Å². The number of rotatable bonds is 10. The first kappa shape index (κ1) is 20.5. The van der Waals surface area contributed by atoms with E-state index < -0.39 is 0 Å². The van der Waals surface area contributed by atoms with Crippen LogP contribution in [0.15, 0.2) is 35.1 Å². The summed E-state index contributed by atoms with van der Waals surface area (Å²) in [5, 5.41) is 14.9. The smallest absolute Gasteiger partial charge is 0.227 e. The average Bonchev–Trinajstić information content (AvgIpc) is 3.40. The number of nitrogens with zero attached hydrogens (tertiary/aromatic N) is 5. The fourth-order valence-corrected chi connectivity index (χ4v) is 2.86. The number of hydrogen-bond acceptors (Lipinski definition) is 8. The van der Waals surface area contributed by atoms with Crippen molar-refractivity contribution in [1.82, 2.24) is 30.2 Å². The maximum Gasteiger partial charge on any atom is 0.227 e. The summed E-state index contributed by atoms with van der Waals surface area (Å²) < 4.78 is 17.5. The number of aromatic nitrogens is 5. The molecule has 3 rings (SSSR count). The van der Waals surface area contributed by atoms with Gasteiger partial charge in [0.25, 0.3) is 0 Å². The minimum absolute atomic E-state index is 0.143. The molecule has 0 aliphatic heterocycles. The van der Waals surface area contributed by atoms with E-state index in [9.17, 15) is 4.79 Å². The quantitative estimate of drug-likeness (QED) is 0.547. The molecule has 0 bridgehead atoms. The molecule has 29 heavy (non-hydrogen) atoms. The summed E-state index contributed by atoms with van der Waals surface area (Å²) in [6.45, 7) is 3.02. The Labute approximate surface area is 168 Å². The molecule has 3 aromatic rings. The molecule has 0 saturated carbocycles. The molecule has 1 amide bonds. The Bertz CT molecular complexity index is 938. The van der Waals surface area contributed by atoms with Crippen molar-refractivity contribution in [3.63, 3.8) is 0 Å². The molecule has 1 atom stereocenters. The molecular formula is C19H24N6O4. The number of hydrogen-bond donors (Lipinski definition) is 1. The Kier molecular flexibility index (Phi) is 6.90. The second-order valence-corrected chi connectivity index (χ2v) is 6.38. The summed E-state index contributed by atoms with van der Waals surface area (Å²) >= 11 is 0. The summed E-state index contributed by atoms with van der Waals surface area (Å²) in [6.07, 6.45) is 2.16. The fourth-order valence-electron chi connectivity index (χ4n) is 2.86. The molecule has 0 aliphatic rings. The Morgan fingerprint density at radius 1 is 1.31 bits per heavy atom. The van der Waals surface area contributed by atoms with Crippen LogP contribution in [0.2, 0.25) is 0 Å². The molecule has 154 valence electrons. The lowest BCUT2D eigenvalue weighted by Crippen LogP contribution is -2.29. The van der Waals surface area contributed by atoms with Crippen molar-refractivity contribution in [2.75, 3.05) is 20.8 Å². The van der Waals surface area contributed by atoms with Gasteiger partial charge < -0.3 is 23.9 Å². The summed E-state index contributed by atoms with van der Waals surface area (Å²) in [4.78, 5) is 16.7. The van der Waals surface area contributed by atoms with Crippen molar-refractivity contribution < 1.29 is 18.8 Å².